The van der Waals surface area contributed by atoms with Crippen LogP contribution in [0, 0.1) is 17.7 Å². The molecule has 1 N–H and O–H groups in total. The Morgan fingerprint density at radius 3 is 2.59 bits per heavy atom. The van der Waals surface area contributed by atoms with Crippen molar-refractivity contribution in [2.75, 3.05) is 19.0 Å². The number of nitrogens with zero attached hydrogens (tertiary/aromatic N) is 2. The summed E-state index contributed by atoms with van der Waals surface area (Å²) >= 11 is 0. The minimum absolute atomic E-state index is 0.0566. The van der Waals surface area contributed by atoms with Crippen molar-refractivity contribution < 1.29 is 28.2 Å². The molecule has 1 saturated carbocycles. The van der Waals surface area contributed by atoms with E-state index in [2.05, 4.69) is 10.3 Å². The number of amides is 2. The van der Waals surface area contributed by atoms with Crippen molar-refractivity contribution in [2.24, 2.45) is 11.8 Å². The Morgan fingerprint density at radius 2 is 1.84 bits per heavy atom. The Bertz CT molecular complexity index is 1580. The van der Waals surface area contributed by atoms with Crippen molar-refractivity contribution in [1.29, 1.82) is 0 Å². The number of methoxy groups -OCH3 is 1. The number of hydrogen-bond donors (Lipinski definition) is 1. The summed E-state index contributed by atoms with van der Waals surface area (Å²) in [5.41, 5.74) is 3.98. The molecular weight excluding hydrogens is 561 g/mol. The monoisotopic (exact) mass is 599 g/mol. The van der Waals surface area contributed by atoms with Crippen molar-refractivity contribution in [3.63, 3.8) is 0 Å². The van der Waals surface area contributed by atoms with Crippen LogP contribution < -0.4 is 10.1 Å². The third kappa shape index (κ3) is 5.92. The van der Waals surface area contributed by atoms with Crippen LogP contribution >= 0.6 is 0 Å². The van der Waals surface area contributed by atoms with Crippen LogP contribution in [0.1, 0.15) is 73.5 Å². The third-order valence-corrected chi connectivity index (χ3v) is 9.34. The van der Waals surface area contributed by atoms with Gasteiger partial charge in [0.15, 0.2) is 0 Å². The second-order valence-corrected chi connectivity index (χ2v) is 12.8. The highest BCUT2D eigenvalue weighted by Gasteiger charge is 2.44. The summed E-state index contributed by atoms with van der Waals surface area (Å²) in [6.07, 6.45) is 3.44. The van der Waals surface area contributed by atoms with Gasteiger partial charge in [0.25, 0.3) is 5.91 Å². The van der Waals surface area contributed by atoms with Crippen molar-refractivity contribution in [2.45, 2.75) is 70.4 Å². The van der Waals surface area contributed by atoms with Crippen LogP contribution in [0.25, 0.3) is 0 Å². The number of carbonyl (C=O) groups is 3. The summed E-state index contributed by atoms with van der Waals surface area (Å²) in [5, 5.41) is 2.91. The fourth-order valence-corrected chi connectivity index (χ4v) is 6.94. The highest BCUT2D eigenvalue weighted by atomic mass is 19.1. The Labute approximate surface area is 257 Å². The van der Waals surface area contributed by atoms with E-state index in [9.17, 15) is 14.4 Å². The lowest BCUT2D eigenvalue weighted by molar-refractivity contribution is -0.151. The van der Waals surface area contributed by atoms with E-state index in [0.29, 0.717) is 54.2 Å². The molecule has 2 heterocycles. The first kappa shape index (κ1) is 29.8. The zero-order chi connectivity index (χ0) is 31.0. The van der Waals surface area contributed by atoms with E-state index in [-0.39, 0.29) is 48.0 Å². The first-order chi connectivity index (χ1) is 21.1. The molecule has 6 rings (SSSR count). The van der Waals surface area contributed by atoms with Gasteiger partial charge in [-0.2, -0.15) is 0 Å². The molecule has 9 heteroatoms. The van der Waals surface area contributed by atoms with Crippen LogP contribution in [0.15, 0.2) is 54.6 Å². The minimum atomic E-state index is -0.924. The molecule has 2 amide bonds. The van der Waals surface area contributed by atoms with Gasteiger partial charge in [-0.1, -0.05) is 44.2 Å². The molecular formula is C35H38FN3O5. The fourth-order valence-electron chi connectivity index (χ4n) is 6.94. The predicted molar refractivity (Wildman–Crippen MR) is 162 cm³/mol. The number of esters is 1. The molecule has 2 aliphatic carbocycles. The second kappa shape index (κ2) is 12.0. The van der Waals surface area contributed by atoms with E-state index >= 15 is 4.39 Å². The number of halogens is 1. The number of rotatable bonds is 8. The van der Waals surface area contributed by atoms with Gasteiger partial charge in [0, 0.05) is 42.6 Å². The number of fused-ring (bicyclic) bond motifs is 2. The summed E-state index contributed by atoms with van der Waals surface area (Å²) in [6.45, 7) is 4.60. The summed E-state index contributed by atoms with van der Waals surface area (Å²) < 4.78 is 25.9. The van der Waals surface area contributed by atoms with E-state index in [1.807, 2.05) is 50.2 Å². The Kier molecular flexibility index (Phi) is 8.14. The highest BCUT2D eigenvalue weighted by Crippen LogP contribution is 2.43. The zero-order valence-electron chi connectivity index (χ0n) is 25.4. The molecule has 1 aliphatic heterocycles. The quantitative estimate of drug-likeness (QED) is 0.335. The first-order valence-corrected chi connectivity index (χ1v) is 15.3. The van der Waals surface area contributed by atoms with Crippen molar-refractivity contribution in [3.05, 3.63) is 88.4 Å². The molecule has 2 aromatic carbocycles. The van der Waals surface area contributed by atoms with Crippen molar-refractivity contribution in [1.82, 2.24) is 9.88 Å². The molecule has 44 heavy (non-hydrogen) atoms. The van der Waals surface area contributed by atoms with Gasteiger partial charge in [-0.15, -0.1) is 0 Å². The molecule has 8 nitrogen and oxygen atoms in total. The molecule has 0 radical (unpaired) electrons. The van der Waals surface area contributed by atoms with Crippen LogP contribution in [-0.2, 0) is 44.0 Å². The van der Waals surface area contributed by atoms with Gasteiger partial charge in [-0.05, 0) is 71.9 Å². The van der Waals surface area contributed by atoms with Gasteiger partial charge >= 0.3 is 5.97 Å². The molecule has 0 bridgehead atoms. The van der Waals surface area contributed by atoms with Gasteiger partial charge in [0.1, 0.15) is 18.5 Å². The van der Waals surface area contributed by atoms with Crippen molar-refractivity contribution in [3.8, 4) is 5.88 Å². The summed E-state index contributed by atoms with van der Waals surface area (Å²) in [7, 11) is 1.53. The van der Waals surface area contributed by atoms with Gasteiger partial charge < -0.3 is 19.7 Å². The van der Waals surface area contributed by atoms with E-state index in [4.69, 9.17) is 9.47 Å². The summed E-state index contributed by atoms with van der Waals surface area (Å²) in [5.74, 6) is -0.936. The molecule has 230 valence electrons. The number of nitrogens with one attached hydrogen (secondary N) is 1. The minimum Gasteiger partial charge on any atom is -0.481 e. The first-order valence-electron chi connectivity index (χ1n) is 15.3. The fraction of sp³-hybridized carbons (Fsp3) is 0.429. The number of benzene rings is 2. The maximum absolute atomic E-state index is 15.2. The maximum Gasteiger partial charge on any atom is 0.306 e. The topological polar surface area (TPSA) is 97.8 Å². The number of anilines is 1. The largest absolute Gasteiger partial charge is 0.481 e. The molecule has 1 fully saturated rings. The number of carbonyl (C=O) groups excluding carboxylic acids is 3. The van der Waals surface area contributed by atoms with E-state index in [0.717, 1.165) is 24.0 Å². The van der Waals surface area contributed by atoms with E-state index < -0.39 is 11.9 Å². The van der Waals surface area contributed by atoms with E-state index in [1.54, 1.807) is 17.0 Å². The van der Waals surface area contributed by atoms with Gasteiger partial charge in [0.2, 0.25) is 11.8 Å². The predicted octanol–water partition coefficient (Wildman–Crippen LogP) is 5.68. The number of aryl methyl sites for hydroxylation is 1. The Hall–Kier alpha value is -4.27. The van der Waals surface area contributed by atoms with Crippen LogP contribution in [-0.4, -0.2) is 41.3 Å². The van der Waals surface area contributed by atoms with Crippen LogP contribution in [0.3, 0.4) is 0 Å². The number of aromatic nitrogens is 1. The maximum atomic E-state index is 15.2. The molecule has 1 aromatic heterocycles. The number of ether oxygens (including phenoxy) is 2. The lowest BCUT2D eigenvalue weighted by atomic mass is 9.72. The van der Waals surface area contributed by atoms with Crippen LogP contribution in [0.2, 0.25) is 0 Å². The molecule has 0 saturated heterocycles. The summed E-state index contributed by atoms with van der Waals surface area (Å²) in [4.78, 5) is 46.3. The van der Waals surface area contributed by atoms with E-state index in [1.165, 1.54) is 13.2 Å². The lowest BCUT2D eigenvalue weighted by Crippen LogP contribution is -2.50. The molecule has 0 spiro atoms. The Balaban J connectivity index is 1.15. The molecule has 3 aliphatic rings. The number of hydrogen-bond acceptors (Lipinski definition) is 6. The third-order valence-electron chi connectivity index (χ3n) is 9.34. The SMILES string of the molecule is COc1ccc2c(n1)CCN(C(=O)C1CC(CC(=O)OCc3ccccc3)C1)C2C(=O)Nc1cc(F)c2c(c1)CCC2(C)C. The normalized spacial score (nSPS) is 21.5. The zero-order valence-corrected chi connectivity index (χ0v) is 25.4. The smallest absolute Gasteiger partial charge is 0.306 e. The second-order valence-electron chi connectivity index (χ2n) is 12.8. The average Bonchev–Trinajstić information content (AvgIpc) is 3.31. The van der Waals surface area contributed by atoms with Gasteiger partial charge in [-0.25, -0.2) is 9.37 Å². The average molecular weight is 600 g/mol. The molecule has 1 atom stereocenters. The van der Waals surface area contributed by atoms with Gasteiger partial charge in [-0.3, -0.25) is 14.4 Å². The number of pyridine rings is 1. The summed E-state index contributed by atoms with van der Waals surface area (Å²) in [6, 6.07) is 15.3. The lowest BCUT2D eigenvalue weighted by Gasteiger charge is -2.42. The Morgan fingerprint density at radius 1 is 1.07 bits per heavy atom. The van der Waals surface area contributed by atoms with Gasteiger partial charge in [0.05, 0.1) is 12.8 Å². The molecule has 3 aromatic rings. The molecule has 1 unspecified atom stereocenters. The van der Waals surface area contributed by atoms with Crippen molar-refractivity contribution >= 4 is 23.5 Å². The standard InChI is InChI=1S/C35H38FN3O5/c1-35(2)13-11-23-18-25(19-27(36)31(23)35)37-33(41)32-26-9-10-29(43-3)38-28(26)12-14-39(32)34(42)24-15-22(16-24)17-30(40)44-20-21-7-5-4-6-8-21/h4-10,18-19,22,24,32H,11-17,20H2,1-3H3,(H,37,41). The van der Waals surface area contributed by atoms with Crippen LogP contribution in [0.4, 0.5) is 10.1 Å². The highest BCUT2D eigenvalue weighted by molar-refractivity contribution is 5.99. The van der Waals surface area contributed by atoms with Crippen LogP contribution in [0.5, 0.6) is 5.88 Å².